The van der Waals surface area contributed by atoms with Crippen LogP contribution in [0, 0.1) is 0 Å². The maximum atomic E-state index is 13.6. The third-order valence-electron chi connectivity index (χ3n) is 5.57. The Morgan fingerprint density at radius 3 is 2.15 bits per heavy atom. The summed E-state index contributed by atoms with van der Waals surface area (Å²) in [5, 5.41) is 3.05. The van der Waals surface area contributed by atoms with E-state index in [0.29, 0.717) is 0 Å². The minimum atomic E-state index is -4.71. The first-order chi connectivity index (χ1) is 18.9. The zero-order valence-corrected chi connectivity index (χ0v) is 20.6. The van der Waals surface area contributed by atoms with E-state index in [0.717, 1.165) is 24.3 Å². The molecule has 0 saturated heterocycles. The lowest BCUT2D eigenvalue weighted by Gasteiger charge is -2.19. The van der Waals surface area contributed by atoms with Crippen LogP contribution >= 0.6 is 0 Å². The number of benzene rings is 1. The van der Waals surface area contributed by atoms with Crippen molar-refractivity contribution >= 4 is 28.4 Å². The molecule has 7 nitrogen and oxygen atoms in total. The van der Waals surface area contributed by atoms with Gasteiger partial charge < -0.3 is 10.2 Å². The lowest BCUT2D eigenvalue weighted by atomic mass is 10.1. The van der Waals surface area contributed by atoms with E-state index in [1.54, 1.807) is 0 Å². The summed E-state index contributed by atoms with van der Waals surface area (Å²) in [7, 11) is 0. The fourth-order valence-corrected chi connectivity index (χ4v) is 3.74. The van der Waals surface area contributed by atoms with Crippen LogP contribution in [0.15, 0.2) is 80.0 Å². The van der Waals surface area contributed by atoms with Crippen molar-refractivity contribution in [3.63, 3.8) is 0 Å². The average Bonchev–Trinajstić information content (AvgIpc) is 2.91. The molecule has 0 aliphatic rings. The third-order valence-corrected chi connectivity index (χ3v) is 5.57. The van der Waals surface area contributed by atoms with Gasteiger partial charge >= 0.3 is 12.4 Å². The second-order valence-corrected chi connectivity index (χ2v) is 8.35. The van der Waals surface area contributed by atoms with E-state index in [1.807, 2.05) is 0 Å². The SMILES string of the molecule is C=CCN(CC=C)C(=O)c1nc(Nc2ccc(C(F)(F)F)cc2)c2ccc(-c3ncccc3C(F)(F)F)nc2n1. The first kappa shape index (κ1) is 28.2. The third kappa shape index (κ3) is 6.08. The Balaban J connectivity index is 1.86. The van der Waals surface area contributed by atoms with Gasteiger partial charge in [0, 0.05) is 25.0 Å². The van der Waals surface area contributed by atoms with E-state index in [1.165, 1.54) is 47.5 Å². The van der Waals surface area contributed by atoms with Crippen LogP contribution in [0.1, 0.15) is 21.7 Å². The Morgan fingerprint density at radius 2 is 1.55 bits per heavy atom. The number of carbonyl (C=O) groups excluding carboxylic acids is 1. The maximum Gasteiger partial charge on any atom is 0.418 e. The Kier molecular flexibility index (Phi) is 7.84. The molecule has 4 aromatic rings. The summed E-state index contributed by atoms with van der Waals surface area (Å²) in [4.78, 5) is 31.1. The number of carbonyl (C=O) groups is 1. The number of amides is 1. The number of nitrogens with one attached hydrogen (secondary N) is 1. The molecule has 206 valence electrons. The molecule has 0 aliphatic carbocycles. The van der Waals surface area contributed by atoms with Gasteiger partial charge in [-0.1, -0.05) is 12.2 Å². The summed E-state index contributed by atoms with van der Waals surface area (Å²) in [6.07, 6.45) is -5.12. The lowest BCUT2D eigenvalue weighted by molar-refractivity contribution is -0.138. The van der Waals surface area contributed by atoms with E-state index in [-0.39, 0.29) is 47.1 Å². The zero-order valence-electron chi connectivity index (χ0n) is 20.6. The van der Waals surface area contributed by atoms with Gasteiger partial charge in [-0.15, -0.1) is 13.2 Å². The van der Waals surface area contributed by atoms with Gasteiger partial charge in [-0.3, -0.25) is 9.78 Å². The second kappa shape index (κ2) is 11.1. The lowest BCUT2D eigenvalue weighted by Crippen LogP contribution is -2.32. The molecule has 0 fully saturated rings. The molecule has 0 aliphatic heterocycles. The molecular formula is C27H20F6N6O. The summed E-state index contributed by atoms with van der Waals surface area (Å²) in [5.41, 5.74) is -2.42. The molecule has 0 atom stereocenters. The Hall–Kier alpha value is -4.81. The number of nitrogens with zero attached hydrogens (tertiary/aromatic N) is 5. The monoisotopic (exact) mass is 558 g/mol. The molecule has 3 heterocycles. The highest BCUT2D eigenvalue weighted by Crippen LogP contribution is 2.36. The van der Waals surface area contributed by atoms with Gasteiger partial charge in [-0.25, -0.2) is 15.0 Å². The van der Waals surface area contributed by atoms with Crippen LogP contribution in [0.3, 0.4) is 0 Å². The molecule has 0 radical (unpaired) electrons. The minimum absolute atomic E-state index is 0.00128. The number of aromatic nitrogens is 4. The molecule has 40 heavy (non-hydrogen) atoms. The number of alkyl halides is 6. The Labute approximate surface area is 223 Å². The van der Waals surface area contributed by atoms with Crippen molar-refractivity contribution in [2.45, 2.75) is 12.4 Å². The standard InChI is InChI=1S/C27H20F6N6O/c1-3-14-39(15-4-2)25(40)24-37-22(35-17-9-7-16(8-10-17)26(28,29)30)18-11-12-20(36-23(18)38-24)21-19(27(31,32)33)6-5-13-34-21/h3-13H,1-2,14-15H2,(H,35,36,37,38). The van der Waals surface area contributed by atoms with Crippen molar-refractivity contribution in [2.75, 3.05) is 18.4 Å². The molecule has 1 amide bonds. The first-order valence-electron chi connectivity index (χ1n) is 11.6. The van der Waals surface area contributed by atoms with Crippen LogP contribution in [-0.4, -0.2) is 43.8 Å². The van der Waals surface area contributed by atoms with Crippen LogP contribution in [0.2, 0.25) is 0 Å². The van der Waals surface area contributed by atoms with Crippen molar-refractivity contribution in [1.29, 1.82) is 0 Å². The van der Waals surface area contributed by atoms with E-state index >= 15 is 0 Å². The molecule has 0 saturated carbocycles. The van der Waals surface area contributed by atoms with Crippen LogP contribution < -0.4 is 5.32 Å². The van der Waals surface area contributed by atoms with Crippen LogP contribution in [-0.2, 0) is 12.4 Å². The van der Waals surface area contributed by atoms with Gasteiger partial charge in [0.15, 0.2) is 5.65 Å². The number of pyridine rings is 2. The van der Waals surface area contributed by atoms with Crippen LogP contribution in [0.25, 0.3) is 22.4 Å². The number of hydrogen-bond acceptors (Lipinski definition) is 6. The summed E-state index contributed by atoms with van der Waals surface area (Å²) < 4.78 is 79.9. The summed E-state index contributed by atoms with van der Waals surface area (Å²) in [5.74, 6) is -1.01. The van der Waals surface area contributed by atoms with E-state index in [4.69, 9.17) is 0 Å². The number of hydrogen-bond donors (Lipinski definition) is 1. The van der Waals surface area contributed by atoms with Gasteiger partial charge in [0.1, 0.15) is 11.5 Å². The maximum absolute atomic E-state index is 13.6. The summed E-state index contributed by atoms with van der Waals surface area (Å²) >= 11 is 0. The second-order valence-electron chi connectivity index (χ2n) is 8.35. The van der Waals surface area contributed by atoms with Gasteiger partial charge in [-0.05, 0) is 48.5 Å². The predicted molar refractivity (Wildman–Crippen MR) is 137 cm³/mol. The topological polar surface area (TPSA) is 83.9 Å². The number of fused-ring (bicyclic) bond motifs is 1. The van der Waals surface area contributed by atoms with E-state index in [2.05, 4.69) is 38.4 Å². The normalized spacial score (nSPS) is 11.8. The molecule has 0 bridgehead atoms. The molecule has 0 spiro atoms. The quantitative estimate of drug-likeness (QED) is 0.192. The highest BCUT2D eigenvalue weighted by Gasteiger charge is 2.35. The largest absolute Gasteiger partial charge is 0.418 e. The minimum Gasteiger partial charge on any atom is -0.340 e. The zero-order chi connectivity index (χ0) is 29.1. The van der Waals surface area contributed by atoms with Crippen molar-refractivity contribution < 1.29 is 31.1 Å². The first-order valence-corrected chi connectivity index (χ1v) is 11.6. The number of rotatable bonds is 8. The molecular weight excluding hydrogens is 538 g/mol. The van der Waals surface area contributed by atoms with Crippen molar-refractivity contribution in [1.82, 2.24) is 24.8 Å². The smallest absolute Gasteiger partial charge is 0.340 e. The molecule has 4 rings (SSSR count). The van der Waals surface area contributed by atoms with Crippen molar-refractivity contribution in [2.24, 2.45) is 0 Å². The highest BCUT2D eigenvalue weighted by atomic mass is 19.4. The highest BCUT2D eigenvalue weighted by molar-refractivity contribution is 5.96. The van der Waals surface area contributed by atoms with Crippen molar-refractivity contribution in [3.05, 3.63) is 97.0 Å². The summed E-state index contributed by atoms with van der Waals surface area (Å²) in [6.45, 7) is 7.44. The molecule has 3 aromatic heterocycles. The van der Waals surface area contributed by atoms with Crippen LogP contribution in [0.4, 0.5) is 37.8 Å². The predicted octanol–water partition coefficient (Wildman–Crippen LogP) is 6.68. The Bertz CT molecular complexity index is 1560. The fourth-order valence-electron chi connectivity index (χ4n) is 3.74. The fraction of sp³-hybridized carbons (Fsp3) is 0.148. The summed E-state index contributed by atoms with van der Waals surface area (Å²) in [6, 6.07) is 8.75. The van der Waals surface area contributed by atoms with E-state index < -0.39 is 35.1 Å². The number of anilines is 2. The van der Waals surface area contributed by atoms with Gasteiger partial charge in [0.05, 0.1) is 22.2 Å². The van der Waals surface area contributed by atoms with Gasteiger partial charge in [0.2, 0.25) is 5.82 Å². The molecule has 13 heteroatoms. The molecule has 1 N–H and O–H groups in total. The van der Waals surface area contributed by atoms with Crippen molar-refractivity contribution in [3.8, 4) is 11.4 Å². The number of halogens is 6. The van der Waals surface area contributed by atoms with Gasteiger partial charge in [-0.2, -0.15) is 26.3 Å². The average molecular weight is 558 g/mol. The van der Waals surface area contributed by atoms with E-state index in [9.17, 15) is 31.1 Å². The van der Waals surface area contributed by atoms with Crippen LogP contribution in [0.5, 0.6) is 0 Å². The molecule has 0 unspecified atom stereocenters. The Morgan fingerprint density at radius 1 is 0.875 bits per heavy atom. The molecule has 1 aromatic carbocycles. The van der Waals surface area contributed by atoms with Gasteiger partial charge in [0.25, 0.3) is 5.91 Å².